The van der Waals surface area contributed by atoms with Gasteiger partial charge in [-0.3, -0.25) is 9.59 Å². The Morgan fingerprint density at radius 2 is 0.800 bits per heavy atom. The highest BCUT2D eigenvalue weighted by atomic mass is 16.5. The molecule has 0 aliphatic carbocycles. The van der Waals surface area contributed by atoms with Crippen LogP contribution in [0.3, 0.4) is 0 Å². The maximum atomic E-state index is 12.4. The van der Waals surface area contributed by atoms with Crippen molar-refractivity contribution in [3.63, 3.8) is 0 Å². The lowest BCUT2D eigenvalue weighted by Crippen LogP contribution is -2.45. The van der Waals surface area contributed by atoms with Crippen molar-refractivity contribution < 1.29 is 24.5 Å². The van der Waals surface area contributed by atoms with E-state index in [4.69, 9.17) is 4.74 Å². The van der Waals surface area contributed by atoms with Gasteiger partial charge in [-0.05, 0) is 83.5 Å². The molecule has 380 valence electrons. The molecule has 0 bridgehead atoms. The fourth-order valence-corrected chi connectivity index (χ4v) is 8.43. The van der Waals surface area contributed by atoms with Crippen molar-refractivity contribution in [3.8, 4) is 0 Å². The Kier molecular flexibility index (Phi) is 52.6. The van der Waals surface area contributed by atoms with E-state index in [9.17, 15) is 19.8 Å². The normalized spacial score (nSPS) is 13.0. The third kappa shape index (κ3) is 51.1. The first kappa shape index (κ1) is 62.8. The number of esters is 1. The minimum atomic E-state index is -0.849. The van der Waals surface area contributed by atoms with Gasteiger partial charge in [0.2, 0.25) is 5.91 Å². The highest BCUT2D eigenvalue weighted by Crippen LogP contribution is 2.16. The van der Waals surface area contributed by atoms with Crippen molar-refractivity contribution in [1.82, 2.24) is 5.32 Å². The average Bonchev–Trinajstić information content (AvgIpc) is 3.31. The van der Waals surface area contributed by atoms with E-state index in [2.05, 4.69) is 55.6 Å². The first-order chi connectivity index (χ1) is 32.0. The van der Waals surface area contributed by atoms with E-state index in [1.54, 1.807) is 6.08 Å². The number of aliphatic hydroxyl groups is 2. The van der Waals surface area contributed by atoms with Crippen molar-refractivity contribution in [2.75, 3.05) is 13.2 Å². The van der Waals surface area contributed by atoms with E-state index >= 15 is 0 Å². The third-order valence-corrected chi connectivity index (χ3v) is 12.8. The Morgan fingerprint density at radius 1 is 0.431 bits per heavy atom. The zero-order valence-corrected chi connectivity index (χ0v) is 43.2. The number of allylic oxidation sites excluding steroid dienone is 7. The van der Waals surface area contributed by atoms with Gasteiger partial charge in [0.15, 0.2) is 0 Å². The van der Waals surface area contributed by atoms with E-state index in [1.165, 1.54) is 205 Å². The van der Waals surface area contributed by atoms with Crippen LogP contribution < -0.4 is 5.32 Å². The van der Waals surface area contributed by atoms with E-state index in [0.29, 0.717) is 19.4 Å². The lowest BCUT2D eigenvalue weighted by Gasteiger charge is -2.20. The van der Waals surface area contributed by atoms with Gasteiger partial charge in [0.05, 0.1) is 25.4 Å². The van der Waals surface area contributed by atoms with Crippen molar-refractivity contribution >= 4 is 11.9 Å². The first-order valence-electron chi connectivity index (χ1n) is 28.4. The number of hydrogen-bond donors (Lipinski definition) is 3. The summed E-state index contributed by atoms with van der Waals surface area (Å²) >= 11 is 0. The number of rotatable bonds is 52. The summed E-state index contributed by atoms with van der Waals surface area (Å²) in [5.74, 6) is -0.0828. The van der Waals surface area contributed by atoms with Crippen molar-refractivity contribution in [2.45, 2.75) is 302 Å². The zero-order chi connectivity index (χ0) is 47.2. The molecule has 0 aromatic rings. The summed E-state index contributed by atoms with van der Waals surface area (Å²) in [7, 11) is 0. The summed E-state index contributed by atoms with van der Waals surface area (Å²) in [4.78, 5) is 24.4. The molecule has 0 aliphatic heterocycles. The molecular formula is C59H109NO5. The molecule has 2 unspecified atom stereocenters. The molecule has 0 radical (unpaired) electrons. The number of hydrogen-bond acceptors (Lipinski definition) is 5. The average molecular weight is 913 g/mol. The van der Waals surface area contributed by atoms with Crippen LogP contribution in [0.4, 0.5) is 0 Å². The second-order valence-corrected chi connectivity index (χ2v) is 19.3. The molecule has 0 heterocycles. The fraction of sp³-hybridized carbons (Fsp3) is 0.831. The lowest BCUT2D eigenvalue weighted by molar-refractivity contribution is -0.143. The smallest absolute Gasteiger partial charge is 0.305 e. The van der Waals surface area contributed by atoms with E-state index in [0.717, 1.165) is 57.8 Å². The van der Waals surface area contributed by atoms with Crippen LogP contribution in [0.2, 0.25) is 0 Å². The van der Waals surface area contributed by atoms with Crippen LogP contribution in [0.5, 0.6) is 0 Å². The number of nitrogens with one attached hydrogen (secondary N) is 1. The second-order valence-electron chi connectivity index (χ2n) is 19.3. The number of ether oxygens (including phenoxy) is 1. The standard InChI is InChI=1S/C59H109NO5/c1-3-5-7-9-11-13-15-27-31-35-39-43-47-51-57(62)56(55-61)60-58(63)52-48-44-40-36-32-29-25-23-21-19-17-18-20-22-24-26-30-34-38-42-46-50-54-65-59(64)53-49-45-41-37-33-28-16-14-12-10-8-6-4-2/h8,10,14,16,19,21,47,51,56-57,61-62H,3-7,9,11-13,15,17-18,20,22-46,48-50,52-55H2,1-2H3,(H,60,63)/b10-8-,16-14-,21-19-,51-47+. The zero-order valence-electron chi connectivity index (χ0n) is 43.2. The quantitative estimate of drug-likeness (QED) is 0.0321. The van der Waals surface area contributed by atoms with Crippen LogP contribution in [-0.2, 0) is 14.3 Å². The molecular weight excluding hydrogens is 803 g/mol. The van der Waals surface area contributed by atoms with Gasteiger partial charge in [-0.15, -0.1) is 0 Å². The van der Waals surface area contributed by atoms with Gasteiger partial charge in [0.1, 0.15) is 0 Å². The van der Waals surface area contributed by atoms with Gasteiger partial charge in [-0.2, -0.15) is 0 Å². The molecule has 0 saturated carbocycles. The van der Waals surface area contributed by atoms with Gasteiger partial charge in [-0.25, -0.2) is 0 Å². The molecule has 6 heteroatoms. The summed E-state index contributed by atoms with van der Waals surface area (Å²) in [6.07, 6.45) is 68.5. The molecule has 6 nitrogen and oxygen atoms in total. The molecule has 0 spiro atoms. The summed E-state index contributed by atoms with van der Waals surface area (Å²) in [5, 5.41) is 23.0. The minimum Gasteiger partial charge on any atom is -0.466 e. The van der Waals surface area contributed by atoms with Crippen molar-refractivity contribution in [1.29, 1.82) is 0 Å². The molecule has 2 atom stereocenters. The SMILES string of the molecule is CCC/C=C\C/C=C\CCCCCCCC(=O)OCCCCCCCCCCCCC/C=C\CCCCCCCCCC(=O)NC(CO)C(O)/C=C/CCCCCCCCCCCCC. The Bertz CT molecular complexity index is 1100. The van der Waals surface area contributed by atoms with Crippen LogP contribution >= 0.6 is 0 Å². The van der Waals surface area contributed by atoms with E-state index in [1.807, 2.05) is 6.08 Å². The second kappa shape index (κ2) is 54.4. The highest BCUT2D eigenvalue weighted by Gasteiger charge is 2.18. The van der Waals surface area contributed by atoms with E-state index in [-0.39, 0.29) is 18.5 Å². The van der Waals surface area contributed by atoms with Gasteiger partial charge in [0, 0.05) is 12.8 Å². The fourth-order valence-electron chi connectivity index (χ4n) is 8.43. The molecule has 0 rings (SSSR count). The molecule has 3 N–H and O–H groups in total. The minimum absolute atomic E-state index is 0.00670. The predicted molar refractivity (Wildman–Crippen MR) is 282 cm³/mol. The number of unbranched alkanes of at least 4 members (excludes halogenated alkanes) is 35. The topological polar surface area (TPSA) is 95.9 Å². The highest BCUT2D eigenvalue weighted by molar-refractivity contribution is 5.76. The molecule has 0 saturated heterocycles. The van der Waals surface area contributed by atoms with Gasteiger partial charge >= 0.3 is 5.97 Å². The number of amides is 1. The maximum absolute atomic E-state index is 12.4. The van der Waals surface area contributed by atoms with E-state index < -0.39 is 12.1 Å². The third-order valence-electron chi connectivity index (χ3n) is 12.8. The Hall–Kier alpha value is -2.18. The summed E-state index contributed by atoms with van der Waals surface area (Å²) in [6, 6.07) is -0.633. The van der Waals surface area contributed by atoms with Crippen LogP contribution in [0.15, 0.2) is 48.6 Å². The van der Waals surface area contributed by atoms with Gasteiger partial charge < -0.3 is 20.3 Å². The molecule has 0 aromatic carbocycles. The largest absolute Gasteiger partial charge is 0.466 e. The summed E-state index contributed by atoms with van der Waals surface area (Å²) in [5.41, 5.74) is 0. The lowest BCUT2D eigenvalue weighted by atomic mass is 10.0. The predicted octanol–water partition coefficient (Wildman–Crippen LogP) is 17.4. The molecule has 65 heavy (non-hydrogen) atoms. The summed E-state index contributed by atoms with van der Waals surface area (Å²) < 4.78 is 5.46. The summed E-state index contributed by atoms with van der Waals surface area (Å²) in [6.45, 7) is 4.82. The molecule has 0 aromatic heterocycles. The molecule has 1 amide bonds. The Balaban J connectivity index is 3.45. The van der Waals surface area contributed by atoms with Crippen LogP contribution in [0, 0.1) is 0 Å². The maximum Gasteiger partial charge on any atom is 0.305 e. The van der Waals surface area contributed by atoms with Crippen molar-refractivity contribution in [2.24, 2.45) is 0 Å². The van der Waals surface area contributed by atoms with Crippen LogP contribution in [0.25, 0.3) is 0 Å². The Morgan fingerprint density at radius 3 is 1.25 bits per heavy atom. The van der Waals surface area contributed by atoms with Gasteiger partial charge in [-0.1, -0.05) is 242 Å². The van der Waals surface area contributed by atoms with Crippen molar-refractivity contribution in [3.05, 3.63) is 48.6 Å². The van der Waals surface area contributed by atoms with Gasteiger partial charge in [0.25, 0.3) is 0 Å². The molecule has 0 aliphatic rings. The first-order valence-corrected chi connectivity index (χ1v) is 28.4. The Labute approximate surface area is 404 Å². The van der Waals surface area contributed by atoms with Crippen LogP contribution in [-0.4, -0.2) is 47.4 Å². The monoisotopic (exact) mass is 912 g/mol. The molecule has 0 fully saturated rings. The number of carbonyl (C=O) groups excluding carboxylic acids is 2. The number of aliphatic hydroxyl groups excluding tert-OH is 2. The number of carbonyl (C=O) groups is 2. The van der Waals surface area contributed by atoms with Crippen LogP contribution in [0.1, 0.15) is 290 Å².